The van der Waals surface area contributed by atoms with E-state index in [0.717, 1.165) is 18.7 Å². The second-order valence-corrected chi connectivity index (χ2v) is 4.32. The van der Waals surface area contributed by atoms with E-state index in [1.165, 1.54) is 16.7 Å². The van der Waals surface area contributed by atoms with Crippen LogP contribution in [-0.4, -0.2) is 32.1 Å². The molecule has 0 amide bonds. The van der Waals surface area contributed by atoms with Gasteiger partial charge in [-0.3, -0.25) is 4.90 Å². The van der Waals surface area contributed by atoms with Gasteiger partial charge in [0.15, 0.2) is 0 Å². The Kier molecular flexibility index (Phi) is 4.99. The first-order chi connectivity index (χ1) is 8.10. The van der Waals surface area contributed by atoms with Gasteiger partial charge in [-0.2, -0.15) is 5.26 Å². The van der Waals surface area contributed by atoms with Crippen LogP contribution in [0.3, 0.4) is 0 Å². The average molecular weight is 232 g/mol. The fourth-order valence-electron chi connectivity index (χ4n) is 1.85. The molecule has 1 rings (SSSR count). The first-order valence-corrected chi connectivity index (χ1v) is 5.78. The predicted octanol–water partition coefficient (Wildman–Crippen LogP) is 2.31. The lowest BCUT2D eigenvalue weighted by molar-refractivity contribution is 0.378. The summed E-state index contributed by atoms with van der Waals surface area (Å²) in [5, 5.41) is 8.59. The van der Waals surface area contributed by atoms with Crippen molar-refractivity contribution in [3.8, 4) is 11.8 Å². The molecule has 1 aromatic carbocycles. The van der Waals surface area contributed by atoms with Crippen molar-refractivity contribution >= 4 is 0 Å². The van der Waals surface area contributed by atoms with Crippen molar-refractivity contribution in [3.05, 3.63) is 28.8 Å². The van der Waals surface area contributed by atoms with Crippen molar-refractivity contribution in [1.29, 1.82) is 5.26 Å². The van der Waals surface area contributed by atoms with Crippen LogP contribution in [0.2, 0.25) is 0 Å². The third-order valence-electron chi connectivity index (χ3n) is 3.17. The Bertz CT molecular complexity index is 421. The fraction of sp³-hybridized carbons (Fsp3) is 0.500. The highest BCUT2D eigenvalue weighted by atomic mass is 16.5. The molecule has 17 heavy (non-hydrogen) atoms. The lowest BCUT2D eigenvalue weighted by atomic mass is 10.00. The summed E-state index contributed by atoms with van der Waals surface area (Å²) in [6.45, 7) is 5.59. The normalized spacial score (nSPS) is 10.4. The standard InChI is InChI=1S/C14H20N2O/c1-11-12(2)14(17-4)6-5-13(11)7-9-16(3)10-8-15/h5-6H,7,9-10H2,1-4H3. The zero-order valence-electron chi connectivity index (χ0n) is 11.1. The van der Waals surface area contributed by atoms with Crippen molar-refractivity contribution in [3.63, 3.8) is 0 Å². The van der Waals surface area contributed by atoms with E-state index in [-0.39, 0.29) is 0 Å². The van der Waals surface area contributed by atoms with E-state index in [4.69, 9.17) is 10.00 Å². The molecule has 0 saturated heterocycles. The highest BCUT2D eigenvalue weighted by Gasteiger charge is 2.07. The molecule has 0 unspecified atom stereocenters. The summed E-state index contributed by atoms with van der Waals surface area (Å²) in [7, 11) is 3.66. The molecule has 0 aliphatic heterocycles. The van der Waals surface area contributed by atoms with Crippen LogP contribution < -0.4 is 4.74 Å². The van der Waals surface area contributed by atoms with Crippen LogP contribution in [0, 0.1) is 25.2 Å². The van der Waals surface area contributed by atoms with Gasteiger partial charge in [0.05, 0.1) is 19.7 Å². The molecule has 0 N–H and O–H groups in total. The summed E-state index contributed by atoms with van der Waals surface area (Å²) >= 11 is 0. The number of nitrogens with zero attached hydrogens (tertiary/aromatic N) is 2. The number of methoxy groups -OCH3 is 1. The van der Waals surface area contributed by atoms with Gasteiger partial charge in [0.25, 0.3) is 0 Å². The van der Waals surface area contributed by atoms with Gasteiger partial charge in [0.2, 0.25) is 0 Å². The van der Waals surface area contributed by atoms with E-state index in [1.807, 2.05) is 18.0 Å². The minimum absolute atomic E-state index is 0.480. The number of nitriles is 1. The quantitative estimate of drug-likeness (QED) is 0.731. The number of likely N-dealkylation sites (N-methyl/N-ethyl adjacent to an activating group) is 1. The molecule has 1 aromatic rings. The molecule has 92 valence electrons. The zero-order chi connectivity index (χ0) is 12.8. The van der Waals surface area contributed by atoms with Gasteiger partial charge in [0, 0.05) is 6.54 Å². The van der Waals surface area contributed by atoms with Gasteiger partial charge in [-0.15, -0.1) is 0 Å². The van der Waals surface area contributed by atoms with Gasteiger partial charge >= 0.3 is 0 Å². The van der Waals surface area contributed by atoms with Gasteiger partial charge < -0.3 is 4.74 Å². The van der Waals surface area contributed by atoms with E-state index in [9.17, 15) is 0 Å². The molecule has 0 atom stereocenters. The van der Waals surface area contributed by atoms with Crippen molar-refractivity contribution in [2.24, 2.45) is 0 Å². The molecule has 0 aliphatic rings. The van der Waals surface area contributed by atoms with Gasteiger partial charge in [0.1, 0.15) is 5.75 Å². The summed E-state index contributed by atoms with van der Waals surface area (Å²) in [6.07, 6.45) is 0.967. The second-order valence-electron chi connectivity index (χ2n) is 4.32. The number of hydrogen-bond donors (Lipinski definition) is 0. The van der Waals surface area contributed by atoms with Gasteiger partial charge in [-0.05, 0) is 50.1 Å². The Hall–Kier alpha value is -1.53. The zero-order valence-corrected chi connectivity index (χ0v) is 11.1. The van der Waals surface area contributed by atoms with Crippen LogP contribution in [-0.2, 0) is 6.42 Å². The van der Waals surface area contributed by atoms with Crippen molar-refractivity contribution < 1.29 is 4.74 Å². The Morgan fingerprint density at radius 1 is 1.29 bits per heavy atom. The van der Waals surface area contributed by atoms with Crippen LogP contribution in [0.25, 0.3) is 0 Å². The Morgan fingerprint density at radius 3 is 2.59 bits per heavy atom. The smallest absolute Gasteiger partial charge is 0.122 e. The van der Waals surface area contributed by atoms with E-state index in [0.29, 0.717) is 6.54 Å². The van der Waals surface area contributed by atoms with Crippen LogP contribution in [0.4, 0.5) is 0 Å². The third kappa shape index (κ3) is 3.47. The first-order valence-electron chi connectivity index (χ1n) is 5.78. The van der Waals surface area contributed by atoms with Crippen LogP contribution in [0.1, 0.15) is 16.7 Å². The van der Waals surface area contributed by atoms with Crippen LogP contribution >= 0.6 is 0 Å². The predicted molar refractivity (Wildman–Crippen MR) is 69.3 cm³/mol. The lowest BCUT2D eigenvalue weighted by Crippen LogP contribution is -2.21. The van der Waals surface area contributed by atoms with Crippen molar-refractivity contribution in [2.45, 2.75) is 20.3 Å². The monoisotopic (exact) mass is 232 g/mol. The Labute approximate surface area is 104 Å². The van der Waals surface area contributed by atoms with Gasteiger partial charge in [-0.25, -0.2) is 0 Å². The molecule has 0 bridgehead atoms. The Balaban J connectivity index is 2.73. The molecular weight excluding hydrogens is 212 g/mol. The second kappa shape index (κ2) is 6.27. The maximum Gasteiger partial charge on any atom is 0.122 e. The lowest BCUT2D eigenvalue weighted by Gasteiger charge is -2.16. The van der Waals surface area contributed by atoms with E-state index in [1.54, 1.807) is 7.11 Å². The highest BCUT2D eigenvalue weighted by Crippen LogP contribution is 2.24. The minimum atomic E-state index is 0.480. The third-order valence-corrected chi connectivity index (χ3v) is 3.17. The first kappa shape index (κ1) is 13.5. The van der Waals surface area contributed by atoms with E-state index < -0.39 is 0 Å². The SMILES string of the molecule is COc1ccc(CCN(C)CC#N)c(C)c1C. The molecule has 0 radical (unpaired) electrons. The number of ether oxygens (including phenoxy) is 1. The summed E-state index contributed by atoms with van der Waals surface area (Å²) < 4.78 is 5.29. The van der Waals surface area contributed by atoms with Crippen molar-refractivity contribution in [1.82, 2.24) is 4.90 Å². The molecule has 0 heterocycles. The topological polar surface area (TPSA) is 36.3 Å². The summed E-state index contributed by atoms with van der Waals surface area (Å²) in [4.78, 5) is 2.03. The summed E-state index contributed by atoms with van der Waals surface area (Å²) in [5.74, 6) is 0.941. The van der Waals surface area contributed by atoms with Crippen LogP contribution in [0.15, 0.2) is 12.1 Å². The highest BCUT2D eigenvalue weighted by molar-refractivity contribution is 5.43. The average Bonchev–Trinajstić information content (AvgIpc) is 2.31. The van der Waals surface area contributed by atoms with E-state index >= 15 is 0 Å². The van der Waals surface area contributed by atoms with E-state index in [2.05, 4.69) is 26.0 Å². The molecule has 3 nitrogen and oxygen atoms in total. The van der Waals surface area contributed by atoms with Crippen LogP contribution in [0.5, 0.6) is 5.75 Å². The molecule has 3 heteroatoms. The maximum absolute atomic E-state index is 8.59. The minimum Gasteiger partial charge on any atom is -0.496 e. The largest absolute Gasteiger partial charge is 0.496 e. The van der Waals surface area contributed by atoms with Gasteiger partial charge in [-0.1, -0.05) is 6.07 Å². The molecule has 0 fully saturated rings. The molecule has 0 aliphatic carbocycles. The molecule has 0 spiro atoms. The number of benzene rings is 1. The fourth-order valence-corrected chi connectivity index (χ4v) is 1.85. The molecule has 0 saturated carbocycles. The summed E-state index contributed by atoms with van der Waals surface area (Å²) in [6, 6.07) is 6.28. The summed E-state index contributed by atoms with van der Waals surface area (Å²) in [5.41, 5.74) is 3.82. The van der Waals surface area contributed by atoms with Crippen molar-refractivity contribution in [2.75, 3.05) is 27.2 Å². The molecular formula is C14H20N2O. The Morgan fingerprint density at radius 2 is 2.00 bits per heavy atom. The number of hydrogen-bond acceptors (Lipinski definition) is 3. The maximum atomic E-state index is 8.59. The molecule has 0 aromatic heterocycles. The number of rotatable bonds is 5.